The summed E-state index contributed by atoms with van der Waals surface area (Å²) in [6.07, 6.45) is 7.99. The van der Waals surface area contributed by atoms with Crippen molar-refractivity contribution >= 4 is 18.0 Å². The molecule has 10 atom stereocenters. The molecule has 0 amide bonds. The fourth-order valence-electron chi connectivity index (χ4n) is 7.57. The largest absolute Gasteiger partial charge is 0.456 e. The Morgan fingerprint density at radius 1 is 1.23 bits per heavy atom. The number of aliphatic hydroxyl groups excluding tert-OH is 2. The van der Waals surface area contributed by atoms with Gasteiger partial charge in [-0.3, -0.25) is 4.79 Å². The maximum atomic E-state index is 13.3. The molecule has 260 valence electrons. The van der Waals surface area contributed by atoms with Crippen LogP contribution >= 0.6 is 0 Å². The zero-order valence-electron chi connectivity index (χ0n) is 28.5. The third kappa shape index (κ3) is 7.58. The highest BCUT2D eigenvalue weighted by Gasteiger charge is 2.56. The average Bonchev–Trinajstić information content (AvgIpc) is 3.61. The van der Waals surface area contributed by atoms with Crippen LogP contribution in [0.2, 0.25) is 0 Å². The van der Waals surface area contributed by atoms with Crippen molar-refractivity contribution in [1.29, 1.82) is 0 Å². The lowest BCUT2D eigenvalue weighted by molar-refractivity contribution is -0.278. The SMILES string of the molecule is CO[C@]12CC[C@](C)(O1)[C@@H](OC(=O)/C=C/c1cn(C)cn1)C[C@H]1C(C)=CC[C@H](C(C)C)[C@H]1C=C2CO[C@@H]1OC[C@@H](O)[C@@H](O)[C@@H]1OC(C)=O. The first kappa shape index (κ1) is 35.4. The summed E-state index contributed by atoms with van der Waals surface area (Å²) in [6.45, 7) is 9.57. The van der Waals surface area contributed by atoms with Crippen LogP contribution in [0.25, 0.3) is 6.08 Å². The molecule has 4 aliphatic rings. The summed E-state index contributed by atoms with van der Waals surface area (Å²) in [7, 11) is 3.46. The Kier molecular flexibility index (Phi) is 10.8. The van der Waals surface area contributed by atoms with E-state index >= 15 is 0 Å². The molecule has 5 rings (SSSR count). The summed E-state index contributed by atoms with van der Waals surface area (Å²) >= 11 is 0. The van der Waals surface area contributed by atoms with Crippen LogP contribution in [-0.4, -0.2) is 94.1 Å². The van der Waals surface area contributed by atoms with Crippen molar-refractivity contribution in [3.05, 3.63) is 47.6 Å². The highest BCUT2D eigenvalue weighted by molar-refractivity contribution is 5.86. The molecule has 12 heteroatoms. The minimum absolute atomic E-state index is 0.0107. The third-order valence-corrected chi connectivity index (χ3v) is 10.3. The Bertz CT molecular complexity index is 1390. The zero-order chi connectivity index (χ0) is 34.1. The number of esters is 2. The molecule has 0 saturated carbocycles. The molecule has 1 aliphatic carbocycles. The Balaban J connectivity index is 1.48. The van der Waals surface area contributed by atoms with Crippen molar-refractivity contribution < 1.29 is 48.2 Å². The van der Waals surface area contributed by atoms with Crippen molar-refractivity contribution in [2.45, 2.75) is 102 Å². The lowest BCUT2D eigenvalue weighted by Gasteiger charge is -2.41. The normalized spacial score (nSPS) is 37.4. The van der Waals surface area contributed by atoms with Crippen LogP contribution in [0.5, 0.6) is 0 Å². The second-order valence-electron chi connectivity index (χ2n) is 13.9. The molecule has 1 aromatic heterocycles. The molecule has 2 bridgehead atoms. The molecule has 2 N–H and O–H groups in total. The molecular weight excluding hydrogens is 608 g/mol. The highest BCUT2D eigenvalue weighted by Crippen LogP contribution is 2.52. The van der Waals surface area contributed by atoms with E-state index in [2.05, 4.69) is 37.9 Å². The lowest BCUT2D eigenvalue weighted by Crippen LogP contribution is -2.55. The van der Waals surface area contributed by atoms with Gasteiger partial charge in [0.15, 0.2) is 18.2 Å². The van der Waals surface area contributed by atoms with Crippen LogP contribution in [0.1, 0.15) is 66.0 Å². The maximum absolute atomic E-state index is 13.3. The van der Waals surface area contributed by atoms with Crippen LogP contribution in [0.15, 0.2) is 41.9 Å². The summed E-state index contributed by atoms with van der Waals surface area (Å²) in [5, 5.41) is 20.8. The number of carbonyl (C=O) groups is 2. The van der Waals surface area contributed by atoms with Crippen LogP contribution in [0, 0.1) is 23.7 Å². The van der Waals surface area contributed by atoms with E-state index in [1.807, 2.05) is 20.2 Å². The second-order valence-corrected chi connectivity index (χ2v) is 13.9. The van der Waals surface area contributed by atoms with Gasteiger partial charge in [-0.2, -0.15) is 0 Å². The minimum Gasteiger partial charge on any atom is -0.456 e. The van der Waals surface area contributed by atoms with Crippen LogP contribution in [0.3, 0.4) is 0 Å². The number of carbonyl (C=O) groups excluding carboxylic acids is 2. The smallest absolute Gasteiger partial charge is 0.331 e. The first-order valence-electron chi connectivity index (χ1n) is 16.5. The van der Waals surface area contributed by atoms with E-state index in [9.17, 15) is 19.8 Å². The summed E-state index contributed by atoms with van der Waals surface area (Å²) < 4.78 is 38.4. The molecule has 1 aromatic rings. The Labute approximate surface area is 276 Å². The van der Waals surface area contributed by atoms with Gasteiger partial charge in [0.05, 0.1) is 25.2 Å². The van der Waals surface area contributed by atoms with E-state index in [-0.39, 0.29) is 31.0 Å². The van der Waals surface area contributed by atoms with Gasteiger partial charge in [0, 0.05) is 45.3 Å². The number of aliphatic hydroxyl groups is 2. The fraction of sp³-hybridized carbons (Fsp3) is 0.686. The van der Waals surface area contributed by atoms with Gasteiger partial charge in [0.25, 0.3) is 0 Å². The van der Waals surface area contributed by atoms with Gasteiger partial charge in [0.1, 0.15) is 23.9 Å². The highest BCUT2D eigenvalue weighted by atomic mass is 16.7. The molecule has 4 heterocycles. The Hall–Kier alpha value is -2.87. The lowest BCUT2D eigenvalue weighted by atomic mass is 9.65. The van der Waals surface area contributed by atoms with Gasteiger partial charge < -0.3 is 43.2 Å². The number of imidazole rings is 1. The monoisotopic (exact) mass is 658 g/mol. The molecule has 2 fully saturated rings. The molecule has 0 unspecified atom stereocenters. The van der Waals surface area contributed by atoms with Crippen LogP contribution < -0.4 is 0 Å². The number of nitrogens with zero attached hydrogens (tertiary/aromatic N) is 2. The number of rotatable bonds is 9. The summed E-state index contributed by atoms with van der Waals surface area (Å²) in [5.41, 5.74) is 1.74. The van der Waals surface area contributed by atoms with Gasteiger partial charge >= 0.3 is 11.9 Å². The molecule has 3 aliphatic heterocycles. The first-order valence-corrected chi connectivity index (χ1v) is 16.5. The molecular formula is C35H50N2O10. The Morgan fingerprint density at radius 2 is 2.00 bits per heavy atom. The van der Waals surface area contributed by atoms with Crippen LogP contribution in [-0.2, 0) is 45.1 Å². The second kappa shape index (κ2) is 14.3. The number of methoxy groups -OCH3 is 1. The van der Waals surface area contributed by atoms with Crippen molar-refractivity contribution in [3.63, 3.8) is 0 Å². The van der Waals surface area contributed by atoms with Crippen molar-refractivity contribution in [1.82, 2.24) is 9.55 Å². The summed E-state index contributed by atoms with van der Waals surface area (Å²) in [6, 6.07) is 0. The molecule has 47 heavy (non-hydrogen) atoms. The van der Waals surface area contributed by atoms with E-state index in [1.165, 1.54) is 18.6 Å². The topological polar surface area (TPSA) is 148 Å². The van der Waals surface area contributed by atoms with Gasteiger partial charge in [-0.15, -0.1) is 0 Å². The molecule has 2 saturated heterocycles. The fourth-order valence-corrected chi connectivity index (χ4v) is 7.57. The average molecular weight is 659 g/mol. The van der Waals surface area contributed by atoms with Gasteiger partial charge in [-0.25, -0.2) is 9.78 Å². The third-order valence-electron chi connectivity index (χ3n) is 10.3. The summed E-state index contributed by atoms with van der Waals surface area (Å²) in [5.74, 6) is -1.56. The predicted octanol–water partition coefficient (Wildman–Crippen LogP) is 3.47. The number of fused-ring (bicyclic) bond motifs is 3. The zero-order valence-corrected chi connectivity index (χ0v) is 28.5. The standard InChI is InChI=1S/C35H50N2O10/c1-20(2)25-10-8-21(3)26-15-29(46-30(40)11-9-24-16-37(6)19-36-24)34(5)12-13-35(42-7,47-34)23(14-27(25)26)17-43-33-32(45-22(4)38)31(41)28(39)18-44-33/h8-9,11,14,16,19-20,25-29,31-33,39,41H,10,12-13,15,17-18H2,1-7H3/b11-9+,23-14?/t25-,26+,27-,28-,29+,31-,32+,33-,34+,35-/m1/s1. The van der Waals surface area contributed by atoms with E-state index < -0.39 is 54.0 Å². The van der Waals surface area contributed by atoms with Gasteiger partial charge in [0.2, 0.25) is 0 Å². The number of allylic oxidation sites excluding steroid dienone is 3. The molecule has 0 radical (unpaired) electrons. The van der Waals surface area contributed by atoms with Crippen molar-refractivity contribution in [2.24, 2.45) is 30.7 Å². The van der Waals surface area contributed by atoms with Crippen molar-refractivity contribution in [2.75, 3.05) is 20.3 Å². The van der Waals surface area contributed by atoms with E-state index in [0.29, 0.717) is 30.9 Å². The van der Waals surface area contributed by atoms with E-state index in [1.54, 1.807) is 24.1 Å². The van der Waals surface area contributed by atoms with Crippen molar-refractivity contribution in [3.8, 4) is 0 Å². The van der Waals surface area contributed by atoms with E-state index in [0.717, 1.165) is 12.0 Å². The predicted molar refractivity (Wildman–Crippen MR) is 170 cm³/mol. The van der Waals surface area contributed by atoms with E-state index in [4.69, 9.17) is 28.4 Å². The number of ether oxygens (including phenoxy) is 6. The first-order chi connectivity index (χ1) is 22.2. The van der Waals surface area contributed by atoms with Crippen LogP contribution in [0.4, 0.5) is 0 Å². The molecule has 12 nitrogen and oxygen atoms in total. The van der Waals surface area contributed by atoms with Gasteiger partial charge in [-0.05, 0) is 62.9 Å². The number of aryl methyl sites for hydroxylation is 1. The number of aromatic nitrogens is 2. The number of hydrogen-bond acceptors (Lipinski definition) is 11. The molecule has 0 spiro atoms. The number of hydrogen-bond donors (Lipinski definition) is 2. The molecule has 0 aromatic carbocycles. The Morgan fingerprint density at radius 3 is 2.66 bits per heavy atom. The maximum Gasteiger partial charge on any atom is 0.331 e. The van der Waals surface area contributed by atoms with Gasteiger partial charge in [-0.1, -0.05) is 31.6 Å². The minimum atomic E-state index is -1.38. The summed E-state index contributed by atoms with van der Waals surface area (Å²) in [4.78, 5) is 29.4. The quantitative estimate of drug-likeness (QED) is 0.228.